The largest absolute Gasteiger partial charge is 0.478 e. The molecule has 2 N–H and O–H groups in total. The van der Waals surface area contributed by atoms with Crippen molar-refractivity contribution in [1.29, 1.82) is 0 Å². The van der Waals surface area contributed by atoms with Crippen molar-refractivity contribution in [3.05, 3.63) is 36.0 Å². The van der Waals surface area contributed by atoms with Crippen LogP contribution in [0.4, 0.5) is 5.69 Å². The smallest absolute Gasteiger partial charge is 0.330 e. The van der Waals surface area contributed by atoms with E-state index in [4.69, 9.17) is 5.11 Å². The second-order valence-electron chi connectivity index (χ2n) is 3.39. The van der Waals surface area contributed by atoms with E-state index in [0.29, 0.717) is 5.69 Å². The highest BCUT2D eigenvalue weighted by molar-refractivity contribution is 7.91. The average Bonchev–Trinajstić information content (AvgIpc) is 2.15. The maximum Gasteiger partial charge on any atom is 0.330 e. The first-order valence-electron chi connectivity index (χ1n) is 4.51. The summed E-state index contributed by atoms with van der Waals surface area (Å²) < 4.78 is 23.6. The molecule has 0 atom stereocenters. The molecule has 0 saturated carbocycles. The molecule has 1 aliphatic rings. The molecular formula is C10H9NO4S. The molecule has 0 fully saturated rings. The number of hydrogen-bond acceptors (Lipinski definition) is 4. The van der Waals surface area contributed by atoms with Gasteiger partial charge >= 0.3 is 5.97 Å². The second kappa shape index (κ2) is 3.64. The Labute approximate surface area is 92.3 Å². The Morgan fingerprint density at radius 1 is 1.38 bits per heavy atom. The highest BCUT2D eigenvalue weighted by Crippen LogP contribution is 2.29. The van der Waals surface area contributed by atoms with Crippen LogP contribution in [-0.2, 0) is 14.6 Å². The molecule has 1 aromatic rings. The van der Waals surface area contributed by atoms with Crippen LogP contribution < -0.4 is 5.32 Å². The first-order chi connectivity index (χ1) is 7.49. The summed E-state index contributed by atoms with van der Waals surface area (Å²) >= 11 is 0. The van der Waals surface area contributed by atoms with E-state index in [2.05, 4.69) is 5.32 Å². The Morgan fingerprint density at radius 2 is 2.06 bits per heavy atom. The Morgan fingerprint density at radius 3 is 2.75 bits per heavy atom. The van der Waals surface area contributed by atoms with E-state index in [1.54, 1.807) is 18.2 Å². The van der Waals surface area contributed by atoms with Crippen LogP contribution in [0.25, 0.3) is 0 Å². The van der Waals surface area contributed by atoms with E-state index in [1.165, 1.54) is 6.07 Å². The number of benzene rings is 1. The average molecular weight is 239 g/mol. The molecule has 0 radical (unpaired) electrons. The van der Waals surface area contributed by atoms with Crippen LogP contribution in [0.1, 0.15) is 0 Å². The van der Waals surface area contributed by atoms with E-state index in [-0.39, 0.29) is 16.3 Å². The summed E-state index contributed by atoms with van der Waals surface area (Å²) in [5.41, 5.74) is 0.590. The molecule has 0 saturated heterocycles. The third-order valence-corrected chi connectivity index (χ3v) is 3.88. The van der Waals surface area contributed by atoms with Gasteiger partial charge in [0.1, 0.15) is 0 Å². The fourth-order valence-corrected chi connectivity index (χ4v) is 3.02. The molecule has 0 bridgehead atoms. The molecular weight excluding hydrogens is 230 g/mol. The molecule has 2 rings (SSSR count). The van der Waals surface area contributed by atoms with Crippen molar-refractivity contribution in [2.75, 3.05) is 11.1 Å². The summed E-state index contributed by atoms with van der Waals surface area (Å²) in [6.07, 6.45) is 0.869. The van der Waals surface area contributed by atoms with Crippen LogP contribution in [0.3, 0.4) is 0 Å². The first-order valence-corrected chi connectivity index (χ1v) is 6.16. The SMILES string of the molecule is O=C(O)/C=C1\CS(=O)(=O)c2ccccc2N1. The predicted octanol–water partition coefficient (Wildman–Crippen LogP) is 0.854. The van der Waals surface area contributed by atoms with Crippen LogP contribution in [0.15, 0.2) is 40.9 Å². The quantitative estimate of drug-likeness (QED) is 0.710. The molecule has 1 heterocycles. The van der Waals surface area contributed by atoms with E-state index in [9.17, 15) is 13.2 Å². The van der Waals surface area contributed by atoms with Gasteiger partial charge in [-0.15, -0.1) is 0 Å². The number of carbonyl (C=O) groups is 1. The molecule has 1 aromatic carbocycles. The molecule has 0 unspecified atom stereocenters. The third kappa shape index (κ3) is 1.92. The van der Waals surface area contributed by atoms with E-state index in [0.717, 1.165) is 6.08 Å². The van der Waals surface area contributed by atoms with E-state index >= 15 is 0 Å². The van der Waals surface area contributed by atoms with Crippen molar-refractivity contribution in [2.45, 2.75) is 4.90 Å². The number of rotatable bonds is 1. The van der Waals surface area contributed by atoms with Crippen LogP contribution in [-0.4, -0.2) is 25.2 Å². The van der Waals surface area contributed by atoms with Crippen LogP contribution >= 0.6 is 0 Å². The van der Waals surface area contributed by atoms with Crippen molar-refractivity contribution >= 4 is 21.5 Å². The van der Waals surface area contributed by atoms with Gasteiger partial charge in [-0.3, -0.25) is 0 Å². The molecule has 6 heteroatoms. The minimum absolute atomic E-state index is 0.172. The summed E-state index contributed by atoms with van der Waals surface area (Å²) in [4.78, 5) is 10.7. The van der Waals surface area contributed by atoms with E-state index < -0.39 is 15.8 Å². The van der Waals surface area contributed by atoms with Crippen LogP contribution in [0.2, 0.25) is 0 Å². The van der Waals surface area contributed by atoms with Crippen molar-refractivity contribution < 1.29 is 18.3 Å². The topological polar surface area (TPSA) is 83.5 Å². The lowest BCUT2D eigenvalue weighted by Gasteiger charge is -2.20. The summed E-state index contributed by atoms with van der Waals surface area (Å²) in [7, 11) is -3.43. The number of anilines is 1. The molecule has 84 valence electrons. The normalized spacial score (nSPS) is 19.9. The summed E-state index contributed by atoms with van der Waals surface area (Å²) in [5, 5.41) is 11.4. The van der Waals surface area contributed by atoms with Crippen molar-refractivity contribution in [1.82, 2.24) is 0 Å². The number of carboxylic acid groups (broad SMARTS) is 1. The van der Waals surface area contributed by atoms with Gasteiger partial charge in [-0.2, -0.15) is 0 Å². The molecule has 0 spiro atoms. The van der Waals surface area contributed by atoms with Crippen molar-refractivity contribution in [3.63, 3.8) is 0 Å². The standard InChI is InChI=1S/C10H9NO4S/c12-10(13)5-7-6-16(14,15)9-4-2-1-3-8(9)11-7/h1-5,11H,6H2,(H,12,13)/b7-5+. The fraction of sp³-hybridized carbons (Fsp3) is 0.100. The summed E-state index contributed by atoms with van der Waals surface area (Å²) in [5.74, 6) is -1.48. The van der Waals surface area contributed by atoms with Gasteiger partial charge in [0.25, 0.3) is 0 Å². The van der Waals surface area contributed by atoms with Gasteiger partial charge in [0.05, 0.1) is 16.3 Å². The van der Waals surface area contributed by atoms with Gasteiger partial charge in [-0.25, -0.2) is 13.2 Å². The van der Waals surface area contributed by atoms with Gasteiger partial charge in [0, 0.05) is 11.8 Å². The summed E-state index contributed by atoms with van der Waals surface area (Å²) in [6, 6.07) is 6.41. The lowest BCUT2D eigenvalue weighted by atomic mass is 10.3. The molecule has 16 heavy (non-hydrogen) atoms. The highest BCUT2D eigenvalue weighted by Gasteiger charge is 2.26. The zero-order valence-corrected chi connectivity index (χ0v) is 8.99. The Kier molecular flexibility index (Phi) is 2.43. The molecule has 5 nitrogen and oxygen atoms in total. The van der Waals surface area contributed by atoms with Gasteiger partial charge in [-0.1, -0.05) is 12.1 Å². The number of carboxylic acids is 1. The molecule has 0 amide bonds. The van der Waals surface area contributed by atoms with Crippen molar-refractivity contribution in [2.24, 2.45) is 0 Å². The number of fused-ring (bicyclic) bond motifs is 1. The van der Waals surface area contributed by atoms with Crippen LogP contribution in [0, 0.1) is 0 Å². The van der Waals surface area contributed by atoms with Crippen molar-refractivity contribution in [3.8, 4) is 0 Å². The Balaban J connectivity index is 2.53. The predicted molar refractivity (Wildman–Crippen MR) is 57.8 cm³/mol. The number of aliphatic carboxylic acids is 1. The number of para-hydroxylation sites is 1. The van der Waals surface area contributed by atoms with Crippen LogP contribution in [0.5, 0.6) is 0 Å². The van der Waals surface area contributed by atoms with Gasteiger partial charge < -0.3 is 10.4 Å². The van der Waals surface area contributed by atoms with E-state index in [1.807, 2.05) is 0 Å². The highest BCUT2D eigenvalue weighted by atomic mass is 32.2. The van der Waals surface area contributed by atoms with Gasteiger partial charge in [0.15, 0.2) is 9.84 Å². The second-order valence-corrected chi connectivity index (χ2v) is 5.35. The fourth-order valence-electron chi connectivity index (χ4n) is 1.56. The maximum absolute atomic E-state index is 11.8. The lowest BCUT2D eigenvalue weighted by Crippen LogP contribution is -2.22. The maximum atomic E-state index is 11.8. The molecule has 0 aliphatic carbocycles. The number of hydrogen-bond donors (Lipinski definition) is 2. The first kappa shape index (κ1) is 10.7. The monoisotopic (exact) mass is 239 g/mol. The number of nitrogens with one attached hydrogen (secondary N) is 1. The zero-order chi connectivity index (χ0) is 11.8. The third-order valence-electron chi connectivity index (χ3n) is 2.16. The number of sulfone groups is 1. The molecule has 1 aliphatic heterocycles. The Bertz CT molecular complexity index is 574. The van der Waals surface area contributed by atoms with Gasteiger partial charge in [-0.05, 0) is 12.1 Å². The minimum Gasteiger partial charge on any atom is -0.478 e. The Hall–Kier alpha value is -1.82. The van der Waals surface area contributed by atoms with Gasteiger partial charge in [0.2, 0.25) is 0 Å². The zero-order valence-electron chi connectivity index (χ0n) is 8.17. The molecule has 0 aromatic heterocycles. The lowest BCUT2D eigenvalue weighted by molar-refractivity contribution is -0.131. The summed E-state index contributed by atoms with van der Waals surface area (Å²) in [6.45, 7) is 0. The minimum atomic E-state index is -3.43.